The number of hydrogen-bond donors (Lipinski definition) is 1. The van der Waals surface area contributed by atoms with Gasteiger partial charge < -0.3 is 10.1 Å². The van der Waals surface area contributed by atoms with Crippen molar-refractivity contribution in [2.24, 2.45) is 0 Å². The van der Waals surface area contributed by atoms with Crippen LogP contribution in [0.3, 0.4) is 0 Å². The third-order valence-electron chi connectivity index (χ3n) is 4.22. The van der Waals surface area contributed by atoms with E-state index in [0.717, 1.165) is 38.2 Å². The SMILES string of the molecule is CCCNC(C)c1c(C)nn(CC2CCCCO2)c1C. The lowest BCUT2D eigenvalue weighted by molar-refractivity contribution is 0.00360. The van der Waals surface area contributed by atoms with Gasteiger partial charge in [-0.25, -0.2) is 0 Å². The second-order valence-corrected chi connectivity index (χ2v) is 5.93. The van der Waals surface area contributed by atoms with Gasteiger partial charge in [-0.2, -0.15) is 5.10 Å². The summed E-state index contributed by atoms with van der Waals surface area (Å²) in [6.45, 7) is 11.6. The monoisotopic (exact) mass is 279 g/mol. The summed E-state index contributed by atoms with van der Waals surface area (Å²) in [7, 11) is 0. The normalized spacial score (nSPS) is 21.1. The molecule has 4 nitrogen and oxygen atoms in total. The molecule has 1 aromatic heterocycles. The number of aromatic nitrogens is 2. The van der Waals surface area contributed by atoms with E-state index in [4.69, 9.17) is 9.84 Å². The fourth-order valence-corrected chi connectivity index (χ4v) is 3.12. The van der Waals surface area contributed by atoms with Crippen molar-refractivity contribution in [3.63, 3.8) is 0 Å². The molecule has 1 aliphatic rings. The molecule has 0 aromatic carbocycles. The van der Waals surface area contributed by atoms with Crippen molar-refractivity contribution in [1.29, 1.82) is 0 Å². The van der Waals surface area contributed by atoms with Crippen molar-refractivity contribution in [2.45, 2.75) is 72.1 Å². The summed E-state index contributed by atoms with van der Waals surface area (Å²) in [6.07, 6.45) is 5.15. The minimum absolute atomic E-state index is 0.341. The van der Waals surface area contributed by atoms with E-state index in [1.54, 1.807) is 0 Å². The van der Waals surface area contributed by atoms with Gasteiger partial charge in [0.2, 0.25) is 0 Å². The van der Waals surface area contributed by atoms with Gasteiger partial charge in [0.25, 0.3) is 0 Å². The standard InChI is InChI=1S/C16H29N3O/c1-5-9-17-12(2)16-13(3)18-19(14(16)4)11-15-8-6-7-10-20-15/h12,15,17H,5-11H2,1-4H3. The highest BCUT2D eigenvalue weighted by atomic mass is 16.5. The first-order valence-electron chi connectivity index (χ1n) is 8.02. The number of rotatable bonds is 6. The Morgan fingerprint density at radius 1 is 1.40 bits per heavy atom. The summed E-state index contributed by atoms with van der Waals surface area (Å²) in [6, 6.07) is 0.371. The average Bonchev–Trinajstić information content (AvgIpc) is 2.72. The van der Waals surface area contributed by atoms with E-state index >= 15 is 0 Å². The molecule has 2 atom stereocenters. The molecule has 0 radical (unpaired) electrons. The third-order valence-corrected chi connectivity index (χ3v) is 4.22. The minimum atomic E-state index is 0.341. The maximum atomic E-state index is 5.83. The lowest BCUT2D eigenvalue weighted by Crippen LogP contribution is -2.25. The molecule has 1 aliphatic heterocycles. The lowest BCUT2D eigenvalue weighted by atomic mass is 10.1. The van der Waals surface area contributed by atoms with Crippen LogP contribution in [0.5, 0.6) is 0 Å². The Bertz CT molecular complexity index is 422. The molecule has 0 saturated carbocycles. The number of hydrogen-bond acceptors (Lipinski definition) is 3. The van der Waals surface area contributed by atoms with Crippen molar-refractivity contribution in [1.82, 2.24) is 15.1 Å². The van der Waals surface area contributed by atoms with Crippen molar-refractivity contribution in [2.75, 3.05) is 13.2 Å². The fraction of sp³-hybridized carbons (Fsp3) is 0.812. The smallest absolute Gasteiger partial charge is 0.0771 e. The largest absolute Gasteiger partial charge is 0.376 e. The Hall–Kier alpha value is -0.870. The summed E-state index contributed by atoms with van der Waals surface area (Å²) in [5, 5.41) is 8.29. The zero-order chi connectivity index (χ0) is 14.5. The number of aryl methyl sites for hydroxylation is 1. The minimum Gasteiger partial charge on any atom is -0.376 e. The number of nitrogens with zero attached hydrogens (tertiary/aromatic N) is 2. The van der Waals surface area contributed by atoms with Crippen LogP contribution in [0.1, 0.15) is 62.5 Å². The highest BCUT2D eigenvalue weighted by molar-refractivity contribution is 5.27. The molecule has 1 fully saturated rings. The highest BCUT2D eigenvalue weighted by Gasteiger charge is 2.20. The van der Waals surface area contributed by atoms with Crippen LogP contribution in [-0.4, -0.2) is 29.0 Å². The number of ether oxygens (including phenoxy) is 1. The van der Waals surface area contributed by atoms with Crippen LogP contribution in [-0.2, 0) is 11.3 Å². The van der Waals surface area contributed by atoms with Gasteiger partial charge in [-0.15, -0.1) is 0 Å². The summed E-state index contributed by atoms with van der Waals surface area (Å²) in [5.41, 5.74) is 3.79. The molecular weight excluding hydrogens is 250 g/mol. The average molecular weight is 279 g/mol. The molecule has 114 valence electrons. The molecule has 0 aliphatic carbocycles. The van der Waals surface area contributed by atoms with E-state index in [2.05, 4.69) is 37.7 Å². The molecule has 2 heterocycles. The Labute approximate surface area is 122 Å². The Morgan fingerprint density at radius 3 is 2.85 bits per heavy atom. The molecule has 2 rings (SSSR count). The second kappa shape index (κ2) is 7.23. The molecule has 1 aromatic rings. The van der Waals surface area contributed by atoms with E-state index < -0.39 is 0 Å². The van der Waals surface area contributed by atoms with Crippen molar-refractivity contribution in [3.8, 4) is 0 Å². The van der Waals surface area contributed by atoms with Gasteiger partial charge in [-0.1, -0.05) is 6.92 Å². The zero-order valence-electron chi connectivity index (χ0n) is 13.4. The topological polar surface area (TPSA) is 39.1 Å². The first-order valence-corrected chi connectivity index (χ1v) is 8.02. The van der Waals surface area contributed by atoms with Gasteiger partial charge in [-0.05, 0) is 53.0 Å². The summed E-state index contributed by atoms with van der Waals surface area (Å²) in [5.74, 6) is 0. The highest BCUT2D eigenvalue weighted by Crippen LogP contribution is 2.23. The summed E-state index contributed by atoms with van der Waals surface area (Å²) in [4.78, 5) is 0. The van der Waals surface area contributed by atoms with Crippen LogP contribution in [0.2, 0.25) is 0 Å². The van der Waals surface area contributed by atoms with Gasteiger partial charge in [0, 0.05) is 23.9 Å². The van der Waals surface area contributed by atoms with Gasteiger partial charge in [0.1, 0.15) is 0 Å². The first-order chi connectivity index (χ1) is 9.63. The Balaban J connectivity index is 2.07. The summed E-state index contributed by atoms with van der Waals surface area (Å²) >= 11 is 0. The van der Waals surface area contributed by atoms with Crippen molar-refractivity contribution >= 4 is 0 Å². The molecule has 0 amide bonds. The molecule has 20 heavy (non-hydrogen) atoms. The predicted molar refractivity (Wildman–Crippen MR) is 82.0 cm³/mol. The Kier molecular flexibility index (Phi) is 5.61. The van der Waals surface area contributed by atoms with Gasteiger partial charge >= 0.3 is 0 Å². The van der Waals surface area contributed by atoms with E-state index in [1.807, 2.05) is 0 Å². The van der Waals surface area contributed by atoms with Crippen LogP contribution in [0.15, 0.2) is 0 Å². The molecule has 2 unspecified atom stereocenters. The Morgan fingerprint density at radius 2 is 2.20 bits per heavy atom. The maximum absolute atomic E-state index is 5.83. The van der Waals surface area contributed by atoms with Crippen LogP contribution >= 0.6 is 0 Å². The summed E-state index contributed by atoms with van der Waals surface area (Å²) < 4.78 is 7.98. The van der Waals surface area contributed by atoms with E-state index in [1.165, 1.54) is 24.1 Å². The third kappa shape index (κ3) is 3.61. The van der Waals surface area contributed by atoms with E-state index in [0.29, 0.717) is 12.1 Å². The molecule has 1 saturated heterocycles. The predicted octanol–water partition coefficient (Wildman–Crippen LogP) is 3.13. The molecule has 4 heteroatoms. The van der Waals surface area contributed by atoms with Crippen molar-refractivity contribution in [3.05, 3.63) is 17.0 Å². The van der Waals surface area contributed by atoms with Crippen LogP contribution in [0.4, 0.5) is 0 Å². The van der Waals surface area contributed by atoms with E-state index in [-0.39, 0.29) is 0 Å². The van der Waals surface area contributed by atoms with Gasteiger partial charge in [0.05, 0.1) is 18.3 Å². The molecule has 0 bridgehead atoms. The van der Waals surface area contributed by atoms with Gasteiger partial charge in [-0.3, -0.25) is 4.68 Å². The van der Waals surface area contributed by atoms with Crippen LogP contribution < -0.4 is 5.32 Å². The number of nitrogens with one attached hydrogen (secondary N) is 1. The molecular formula is C16H29N3O. The van der Waals surface area contributed by atoms with Crippen LogP contribution in [0, 0.1) is 13.8 Å². The van der Waals surface area contributed by atoms with Crippen molar-refractivity contribution < 1.29 is 4.74 Å². The second-order valence-electron chi connectivity index (χ2n) is 5.93. The van der Waals surface area contributed by atoms with Gasteiger partial charge in [0.15, 0.2) is 0 Å². The molecule has 0 spiro atoms. The zero-order valence-corrected chi connectivity index (χ0v) is 13.4. The van der Waals surface area contributed by atoms with Crippen LogP contribution in [0.25, 0.3) is 0 Å². The van der Waals surface area contributed by atoms with E-state index in [9.17, 15) is 0 Å². The molecule has 1 N–H and O–H groups in total. The lowest BCUT2D eigenvalue weighted by Gasteiger charge is -2.23. The fourth-order valence-electron chi connectivity index (χ4n) is 3.12. The quantitative estimate of drug-likeness (QED) is 0.869. The first kappa shape index (κ1) is 15.5. The maximum Gasteiger partial charge on any atom is 0.0771 e.